The van der Waals surface area contributed by atoms with E-state index in [2.05, 4.69) is 12.2 Å². The molecule has 3 aromatic rings. The quantitative estimate of drug-likeness (QED) is 0.0592. The predicted octanol–water partition coefficient (Wildman–Crippen LogP) is 6.58. The van der Waals surface area contributed by atoms with Gasteiger partial charge in [0, 0.05) is 11.0 Å². The molecule has 0 aliphatic rings. The standard InChI is InChI=1S/C30H34N2O5S2/c1-5-7-14-37-24-12-10-22(11-13-24)18-25(32-28(34)27(33)26-9-8-15-38-26)29-31-23(19-39-29)17-20(3)16-21(4)30(35)36-6-2/h8-13,15-17,19,25H,5-7,14,18H2,1-4H3,(H,32,34)/b20-17+,21-16-/t25-/m0/s1. The number of nitrogens with zero attached hydrogens (tertiary/aromatic N) is 1. The summed E-state index contributed by atoms with van der Waals surface area (Å²) in [6.45, 7) is 8.46. The van der Waals surface area contributed by atoms with Crippen LogP contribution in [0.25, 0.3) is 6.08 Å². The summed E-state index contributed by atoms with van der Waals surface area (Å²) in [6.07, 6.45) is 6.12. The van der Waals surface area contributed by atoms with Gasteiger partial charge in [-0.3, -0.25) is 9.59 Å². The van der Waals surface area contributed by atoms with Gasteiger partial charge in [-0.25, -0.2) is 9.78 Å². The maximum absolute atomic E-state index is 12.9. The molecule has 0 radical (unpaired) electrons. The third-order valence-electron chi connectivity index (χ3n) is 5.64. The monoisotopic (exact) mass is 566 g/mol. The van der Waals surface area contributed by atoms with E-state index in [4.69, 9.17) is 14.5 Å². The van der Waals surface area contributed by atoms with Gasteiger partial charge in [0.25, 0.3) is 11.7 Å². The number of carbonyl (C=O) groups is 3. The van der Waals surface area contributed by atoms with Crippen molar-refractivity contribution in [3.63, 3.8) is 0 Å². The van der Waals surface area contributed by atoms with Crippen molar-refractivity contribution in [1.29, 1.82) is 0 Å². The Hall–Kier alpha value is -3.56. The number of hydrogen-bond acceptors (Lipinski definition) is 8. The first-order valence-electron chi connectivity index (χ1n) is 12.9. The van der Waals surface area contributed by atoms with Gasteiger partial charge in [0.05, 0.1) is 29.8 Å². The number of amides is 1. The lowest BCUT2D eigenvalue weighted by Crippen LogP contribution is -2.35. The number of ketones is 1. The van der Waals surface area contributed by atoms with Gasteiger partial charge in [0.15, 0.2) is 0 Å². The molecule has 0 aliphatic heterocycles. The molecule has 1 amide bonds. The van der Waals surface area contributed by atoms with Crippen molar-refractivity contribution < 1.29 is 23.9 Å². The molecule has 9 heteroatoms. The smallest absolute Gasteiger partial charge is 0.333 e. The van der Waals surface area contributed by atoms with Crippen LogP contribution in [0.5, 0.6) is 5.75 Å². The Morgan fingerprint density at radius 3 is 2.51 bits per heavy atom. The van der Waals surface area contributed by atoms with E-state index in [9.17, 15) is 14.4 Å². The molecule has 0 unspecified atom stereocenters. The van der Waals surface area contributed by atoms with Crippen LogP contribution in [-0.4, -0.2) is 35.9 Å². The first kappa shape index (κ1) is 30.0. The Morgan fingerprint density at radius 1 is 1.08 bits per heavy atom. The van der Waals surface area contributed by atoms with Gasteiger partial charge < -0.3 is 14.8 Å². The highest BCUT2D eigenvalue weighted by atomic mass is 32.1. The fourth-order valence-electron chi connectivity index (χ4n) is 3.68. The summed E-state index contributed by atoms with van der Waals surface area (Å²) in [7, 11) is 0. The SMILES string of the molecule is CCCCOc1ccc(C[C@H](NC(=O)C(=O)c2cccs2)c2nc(/C=C(C)/C=C(/C)C(=O)OCC)cs2)cc1. The lowest BCUT2D eigenvalue weighted by Gasteiger charge is -2.16. The molecule has 0 saturated heterocycles. The van der Waals surface area contributed by atoms with Gasteiger partial charge in [-0.15, -0.1) is 22.7 Å². The van der Waals surface area contributed by atoms with Crippen LogP contribution >= 0.6 is 22.7 Å². The third-order valence-corrected chi connectivity index (χ3v) is 7.49. The molecule has 2 heterocycles. The second-order valence-electron chi connectivity index (χ2n) is 8.93. The molecule has 1 atom stereocenters. The van der Waals surface area contributed by atoms with Crippen molar-refractivity contribution in [2.45, 2.75) is 53.0 Å². The fourth-order valence-corrected chi connectivity index (χ4v) is 5.17. The molecule has 1 N–H and O–H groups in total. The molecule has 0 fully saturated rings. The van der Waals surface area contributed by atoms with Gasteiger partial charge in [-0.05, 0) is 80.5 Å². The number of benzene rings is 1. The average Bonchev–Trinajstić information content (AvgIpc) is 3.62. The van der Waals surface area contributed by atoms with E-state index in [0.717, 1.165) is 29.7 Å². The van der Waals surface area contributed by atoms with Crippen LogP contribution in [0.4, 0.5) is 0 Å². The van der Waals surface area contributed by atoms with Crippen LogP contribution in [-0.2, 0) is 20.7 Å². The van der Waals surface area contributed by atoms with Crippen molar-refractivity contribution in [3.05, 3.63) is 85.5 Å². The number of esters is 1. The summed E-state index contributed by atoms with van der Waals surface area (Å²) in [5, 5.41) is 7.22. The first-order chi connectivity index (χ1) is 18.8. The molecule has 3 rings (SSSR count). The van der Waals surface area contributed by atoms with Gasteiger partial charge in [0.1, 0.15) is 10.8 Å². The van der Waals surface area contributed by atoms with E-state index in [1.54, 1.807) is 37.4 Å². The molecule has 0 bridgehead atoms. The van der Waals surface area contributed by atoms with E-state index < -0.39 is 17.7 Å². The van der Waals surface area contributed by atoms with Crippen LogP contribution in [0.1, 0.15) is 72.5 Å². The van der Waals surface area contributed by atoms with E-state index in [1.165, 1.54) is 22.7 Å². The van der Waals surface area contributed by atoms with Crippen molar-refractivity contribution in [1.82, 2.24) is 10.3 Å². The number of thiophene rings is 1. The minimum atomic E-state index is -0.668. The zero-order valence-electron chi connectivity index (χ0n) is 22.7. The number of hydrogen-bond donors (Lipinski definition) is 1. The Balaban J connectivity index is 1.80. The van der Waals surface area contributed by atoms with Gasteiger partial charge >= 0.3 is 5.97 Å². The Kier molecular flexibility index (Phi) is 11.6. The highest BCUT2D eigenvalue weighted by Crippen LogP contribution is 2.25. The number of nitrogens with one attached hydrogen (secondary N) is 1. The maximum atomic E-state index is 12.9. The molecule has 0 spiro atoms. The number of aromatic nitrogens is 1. The lowest BCUT2D eigenvalue weighted by molar-refractivity contribution is -0.138. The second-order valence-corrected chi connectivity index (χ2v) is 10.8. The zero-order valence-corrected chi connectivity index (χ0v) is 24.3. The number of rotatable bonds is 14. The molecule has 0 aliphatic carbocycles. The summed E-state index contributed by atoms with van der Waals surface area (Å²) >= 11 is 2.64. The second kappa shape index (κ2) is 15.1. The van der Waals surface area contributed by atoms with Gasteiger partial charge in [-0.2, -0.15) is 0 Å². The highest BCUT2D eigenvalue weighted by Gasteiger charge is 2.24. The predicted molar refractivity (Wildman–Crippen MR) is 156 cm³/mol. The Morgan fingerprint density at radius 2 is 1.85 bits per heavy atom. The highest BCUT2D eigenvalue weighted by molar-refractivity contribution is 7.13. The topological polar surface area (TPSA) is 94.6 Å². The molecule has 7 nitrogen and oxygen atoms in total. The summed E-state index contributed by atoms with van der Waals surface area (Å²) in [4.78, 5) is 42.6. The van der Waals surface area contributed by atoms with Crippen LogP contribution in [0.15, 0.2) is 64.4 Å². The number of thiazole rings is 1. The maximum Gasteiger partial charge on any atom is 0.333 e. The van der Waals surface area contributed by atoms with Crippen molar-refractivity contribution >= 4 is 46.4 Å². The largest absolute Gasteiger partial charge is 0.494 e. The van der Waals surface area contributed by atoms with E-state index in [0.29, 0.717) is 40.8 Å². The van der Waals surface area contributed by atoms with Gasteiger partial charge in [0.2, 0.25) is 0 Å². The number of ether oxygens (including phenoxy) is 2. The van der Waals surface area contributed by atoms with Crippen LogP contribution in [0.2, 0.25) is 0 Å². The zero-order chi connectivity index (χ0) is 28.2. The normalized spacial score (nSPS) is 12.6. The summed E-state index contributed by atoms with van der Waals surface area (Å²) in [5.74, 6) is -0.798. The Bertz CT molecular complexity index is 1310. The molecule has 1 aromatic carbocycles. The number of allylic oxidation sites excluding steroid dienone is 2. The fraction of sp³-hybridized carbons (Fsp3) is 0.333. The van der Waals surface area contributed by atoms with Gasteiger partial charge in [-0.1, -0.05) is 31.5 Å². The molecule has 0 saturated carbocycles. The summed E-state index contributed by atoms with van der Waals surface area (Å²) < 4.78 is 10.8. The van der Waals surface area contributed by atoms with Crippen LogP contribution in [0.3, 0.4) is 0 Å². The first-order valence-corrected chi connectivity index (χ1v) is 14.7. The van der Waals surface area contributed by atoms with E-state index in [1.807, 2.05) is 42.6 Å². The summed E-state index contributed by atoms with van der Waals surface area (Å²) in [5.41, 5.74) is 3.01. The number of carbonyl (C=O) groups excluding carboxylic acids is 3. The molecule has 39 heavy (non-hydrogen) atoms. The third kappa shape index (κ3) is 9.30. The molecular weight excluding hydrogens is 532 g/mol. The average molecular weight is 567 g/mol. The van der Waals surface area contributed by atoms with Crippen molar-refractivity contribution in [2.75, 3.05) is 13.2 Å². The minimum Gasteiger partial charge on any atom is -0.494 e. The number of unbranched alkanes of at least 4 members (excludes halogenated alkanes) is 1. The number of Topliss-reactive ketones (excluding diaryl/α,β-unsaturated/α-hetero) is 1. The van der Waals surface area contributed by atoms with Crippen molar-refractivity contribution in [2.24, 2.45) is 0 Å². The molecule has 2 aromatic heterocycles. The minimum absolute atomic E-state index is 0.318. The lowest BCUT2D eigenvalue weighted by atomic mass is 10.1. The van der Waals surface area contributed by atoms with E-state index in [-0.39, 0.29) is 5.97 Å². The van der Waals surface area contributed by atoms with Crippen LogP contribution < -0.4 is 10.1 Å². The van der Waals surface area contributed by atoms with E-state index >= 15 is 0 Å². The summed E-state index contributed by atoms with van der Waals surface area (Å²) in [6, 6.07) is 10.6. The molecule has 206 valence electrons. The van der Waals surface area contributed by atoms with Crippen molar-refractivity contribution in [3.8, 4) is 5.75 Å². The molecular formula is C30H34N2O5S2. The Labute approximate surface area is 237 Å². The van der Waals surface area contributed by atoms with Crippen LogP contribution in [0, 0.1) is 0 Å².